The molecule has 1 atom stereocenters. The Kier molecular flexibility index (Phi) is 7.79. The summed E-state index contributed by atoms with van der Waals surface area (Å²) in [5, 5.41) is 6.96. The molecule has 0 bridgehead atoms. The number of nitrogens with zero attached hydrogens (tertiary/aromatic N) is 3. The van der Waals surface area contributed by atoms with Crippen molar-refractivity contribution in [1.29, 1.82) is 0 Å². The molecule has 2 saturated heterocycles. The second-order valence-electron chi connectivity index (χ2n) is 9.24. The predicted octanol–water partition coefficient (Wildman–Crippen LogP) is 3.22. The van der Waals surface area contributed by atoms with Crippen molar-refractivity contribution >= 4 is 5.97 Å². The van der Waals surface area contributed by atoms with Crippen LogP contribution in [0.3, 0.4) is 0 Å². The van der Waals surface area contributed by atoms with Crippen molar-refractivity contribution in [2.75, 3.05) is 39.4 Å². The molecule has 1 aromatic rings. The molecule has 1 aromatic heterocycles. The number of rotatable bonds is 9. The van der Waals surface area contributed by atoms with Gasteiger partial charge in [0.1, 0.15) is 5.69 Å². The number of aromatic amines is 1. The van der Waals surface area contributed by atoms with Crippen LogP contribution in [0.1, 0.15) is 74.3 Å². The zero-order chi connectivity index (χ0) is 20.8. The van der Waals surface area contributed by atoms with Crippen LogP contribution in [0.2, 0.25) is 0 Å². The molecule has 0 spiro atoms. The molecular formula is C23H38N4O3. The van der Waals surface area contributed by atoms with Gasteiger partial charge in [-0.15, -0.1) is 0 Å². The van der Waals surface area contributed by atoms with E-state index in [0.717, 1.165) is 44.1 Å². The quantitative estimate of drug-likeness (QED) is 0.621. The van der Waals surface area contributed by atoms with Crippen molar-refractivity contribution in [1.82, 2.24) is 20.0 Å². The normalized spacial score (nSPS) is 24.1. The molecule has 0 aromatic carbocycles. The smallest absolute Gasteiger partial charge is 0.356 e. The molecule has 0 unspecified atom stereocenters. The van der Waals surface area contributed by atoms with Crippen molar-refractivity contribution in [3.05, 3.63) is 17.5 Å². The first-order valence-electron chi connectivity index (χ1n) is 12.0. The zero-order valence-corrected chi connectivity index (χ0v) is 18.5. The van der Waals surface area contributed by atoms with E-state index in [2.05, 4.69) is 20.0 Å². The van der Waals surface area contributed by atoms with Crippen LogP contribution in [-0.2, 0) is 16.0 Å². The van der Waals surface area contributed by atoms with Gasteiger partial charge < -0.3 is 14.4 Å². The third kappa shape index (κ3) is 5.62. The minimum Gasteiger partial charge on any atom is -0.461 e. The number of H-pyrrole nitrogens is 1. The average Bonchev–Trinajstić information content (AvgIpc) is 3.52. The minimum atomic E-state index is -0.313. The lowest BCUT2D eigenvalue weighted by Gasteiger charge is -2.38. The lowest BCUT2D eigenvalue weighted by atomic mass is 9.94. The van der Waals surface area contributed by atoms with Crippen molar-refractivity contribution < 1.29 is 14.3 Å². The molecule has 3 fully saturated rings. The highest BCUT2D eigenvalue weighted by Crippen LogP contribution is 2.29. The number of carbonyl (C=O) groups excluding carboxylic acids is 1. The van der Waals surface area contributed by atoms with Crippen LogP contribution in [0.5, 0.6) is 0 Å². The van der Waals surface area contributed by atoms with Crippen LogP contribution in [-0.4, -0.2) is 77.5 Å². The van der Waals surface area contributed by atoms with Gasteiger partial charge in [-0.05, 0) is 64.5 Å². The van der Waals surface area contributed by atoms with Gasteiger partial charge in [0.15, 0.2) is 0 Å². The summed E-state index contributed by atoms with van der Waals surface area (Å²) in [6.07, 6.45) is 12.5. The maximum atomic E-state index is 12.3. The van der Waals surface area contributed by atoms with Gasteiger partial charge in [-0.2, -0.15) is 5.10 Å². The number of hydrogen-bond acceptors (Lipinski definition) is 6. The molecule has 3 aliphatic rings. The Bertz CT molecular complexity index is 659. The second kappa shape index (κ2) is 10.7. The van der Waals surface area contributed by atoms with E-state index in [9.17, 15) is 4.79 Å². The van der Waals surface area contributed by atoms with Crippen LogP contribution < -0.4 is 0 Å². The van der Waals surface area contributed by atoms with Crippen LogP contribution in [0, 0.1) is 5.92 Å². The highest BCUT2D eigenvalue weighted by molar-refractivity contribution is 5.88. The third-order valence-electron chi connectivity index (χ3n) is 7.08. The fourth-order valence-electron chi connectivity index (χ4n) is 5.47. The van der Waals surface area contributed by atoms with Gasteiger partial charge in [0.05, 0.1) is 18.9 Å². The molecular weight excluding hydrogens is 380 g/mol. The SMILES string of the molecule is CCOC(=O)c1[nH]ncc1CN(CC1CCN(C2CCCC2)CC1)C[C@@H]1CCCO1. The molecule has 1 aliphatic carbocycles. The van der Waals surface area contributed by atoms with E-state index in [1.165, 1.54) is 51.6 Å². The summed E-state index contributed by atoms with van der Waals surface area (Å²) >= 11 is 0. The van der Waals surface area contributed by atoms with Gasteiger partial charge in [0.25, 0.3) is 0 Å². The summed E-state index contributed by atoms with van der Waals surface area (Å²) in [4.78, 5) is 17.5. The van der Waals surface area contributed by atoms with E-state index in [4.69, 9.17) is 9.47 Å². The first kappa shape index (κ1) is 21.8. The average molecular weight is 419 g/mol. The van der Waals surface area contributed by atoms with Crippen molar-refractivity contribution in [2.24, 2.45) is 5.92 Å². The Morgan fingerprint density at radius 2 is 2.00 bits per heavy atom. The molecule has 7 heteroatoms. The number of esters is 1. The van der Waals surface area contributed by atoms with E-state index in [1.807, 2.05) is 6.92 Å². The monoisotopic (exact) mass is 418 g/mol. The Balaban J connectivity index is 1.36. The number of piperidine rings is 1. The first-order chi connectivity index (χ1) is 14.7. The number of aromatic nitrogens is 2. The van der Waals surface area contributed by atoms with Crippen LogP contribution in [0.25, 0.3) is 0 Å². The largest absolute Gasteiger partial charge is 0.461 e. The highest BCUT2D eigenvalue weighted by atomic mass is 16.5. The van der Waals surface area contributed by atoms with Gasteiger partial charge in [-0.3, -0.25) is 10.00 Å². The van der Waals surface area contributed by atoms with Gasteiger partial charge in [0.2, 0.25) is 0 Å². The molecule has 0 radical (unpaired) electrons. The van der Waals surface area contributed by atoms with Gasteiger partial charge in [-0.25, -0.2) is 4.79 Å². The molecule has 0 amide bonds. The molecule has 7 nitrogen and oxygen atoms in total. The topological polar surface area (TPSA) is 70.7 Å². The van der Waals surface area contributed by atoms with Crippen molar-refractivity contribution in [2.45, 2.75) is 77.0 Å². The molecule has 30 heavy (non-hydrogen) atoms. The number of likely N-dealkylation sites (tertiary alicyclic amines) is 1. The molecule has 2 aliphatic heterocycles. The van der Waals surface area contributed by atoms with E-state index in [-0.39, 0.29) is 5.97 Å². The molecule has 168 valence electrons. The molecule has 4 rings (SSSR count). The second-order valence-corrected chi connectivity index (χ2v) is 9.24. The van der Waals surface area contributed by atoms with Gasteiger partial charge in [0, 0.05) is 37.8 Å². The van der Waals surface area contributed by atoms with Gasteiger partial charge in [-0.1, -0.05) is 12.8 Å². The summed E-state index contributed by atoms with van der Waals surface area (Å²) < 4.78 is 11.1. The fraction of sp³-hybridized carbons (Fsp3) is 0.826. The number of carbonyl (C=O) groups is 1. The Hall–Kier alpha value is -1.44. The van der Waals surface area contributed by atoms with E-state index >= 15 is 0 Å². The number of nitrogens with one attached hydrogen (secondary N) is 1. The molecule has 1 saturated carbocycles. The predicted molar refractivity (Wildman–Crippen MR) is 115 cm³/mol. The summed E-state index contributed by atoms with van der Waals surface area (Å²) in [6, 6.07) is 0.840. The molecule has 1 N–H and O–H groups in total. The van der Waals surface area contributed by atoms with Crippen LogP contribution in [0.4, 0.5) is 0 Å². The third-order valence-corrected chi connectivity index (χ3v) is 7.08. The fourth-order valence-corrected chi connectivity index (χ4v) is 5.47. The summed E-state index contributed by atoms with van der Waals surface area (Å²) in [5.41, 5.74) is 1.42. The number of ether oxygens (including phenoxy) is 2. The summed E-state index contributed by atoms with van der Waals surface area (Å²) in [7, 11) is 0. The first-order valence-corrected chi connectivity index (χ1v) is 12.0. The highest BCUT2D eigenvalue weighted by Gasteiger charge is 2.29. The minimum absolute atomic E-state index is 0.307. The van der Waals surface area contributed by atoms with Crippen LogP contribution >= 0.6 is 0 Å². The van der Waals surface area contributed by atoms with E-state index in [0.29, 0.717) is 30.9 Å². The van der Waals surface area contributed by atoms with E-state index < -0.39 is 0 Å². The maximum absolute atomic E-state index is 12.3. The van der Waals surface area contributed by atoms with E-state index in [1.54, 1.807) is 6.20 Å². The Morgan fingerprint density at radius 1 is 1.20 bits per heavy atom. The van der Waals surface area contributed by atoms with Gasteiger partial charge >= 0.3 is 5.97 Å². The van der Waals surface area contributed by atoms with Crippen molar-refractivity contribution in [3.63, 3.8) is 0 Å². The maximum Gasteiger partial charge on any atom is 0.356 e. The Morgan fingerprint density at radius 3 is 2.70 bits per heavy atom. The lowest BCUT2D eigenvalue weighted by Crippen LogP contribution is -2.43. The lowest BCUT2D eigenvalue weighted by molar-refractivity contribution is 0.0499. The summed E-state index contributed by atoms with van der Waals surface area (Å²) in [6.45, 7) is 8.26. The van der Waals surface area contributed by atoms with Crippen LogP contribution in [0.15, 0.2) is 6.20 Å². The van der Waals surface area contributed by atoms with Crippen molar-refractivity contribution in [3.8, 4) is 0 Å². The standard InChI is InChI=1S/C23H38N4O3/c1-2-29-23(28)22-19(14-24-25-22)16-26(17-21-8-5-13-30-21)15-18-9-11-27(12-10-18)20-6-3-4-7-20/h14,18,20-21H,2-13,15-17H2,1H3,(H,24,25)/t21-/m0/s1. The number of hydrogen-bond donors (Lipinski definition) is 1. The molecule has 3 heterocycles. The Labute approximate surface area is 180 Å². The zero-order valence-electron chi connectivity index (χ0n) is 18.5. The summed E-state index contributed by atoms with van der Waals surface area (Å²) in [5.74, 6) is 0.397.